The SMILES string of the molecule is CC[N-]CC.[CH3-].[Cd+2]. The van der Waals surface area contributed by atoms with E-state index in [0.717, 1.165) is 13.1 Å². The van der Waals surface area contributed by atoms with Gasteiger partial charge in [-0.25, -0.2) is 0 Å². The second-order valence-electron chi connectivity index (χ2n) is 0.856. The molecule has 0 aliphatic carbocycles. The Bertz CT molecular complexity index is 15.6. The quantitative estimate of drug-likeness (QED) is 0.476. The fourth-order valence-electron chi connectivity index (χ4n) is 0.224. The molecule has 1 nitrogen and oxygen atoms in total. The molecule has 0 unspecified atom stereocenters. The first-order valence-corrected chi connectivity index (χ1v) is 2.05. The molecule has 0 rings (SSSR count). The van der Waals surface area contributed by atoms with E-state index in [0.29, 0.717) is 0 Å². The molecule has 0 aromatic heterocycles. The van der Waals surface area contributed by atoms with Crippen LogP contribution in [0, 0.1) is 7.43 Å². The van der Waals surface area contributed by atoms with E-state index in [1.165, 1.54) is 0 Å². The molecule has 0 N–H and O–H groups in total. The molecule has 0 amide bonds. The Hall–Kier alpha value is 0.882. The van der Waals surface area contributed by atoms with E-state index in [9.17, 15) is 0 Å². The molecule has 0 aliphatic heterocycles. The van der Waals surface area contributed by atoms with Gasteiger partial charge in [0.25, 0.3) is 0 Å². The third kappa shape index (κ3) is 19.7. The molecule has 2 heteroatoms. The van der Waals surface area contributed by atoms with Crippen LogP contribution < -0.4 is 0 Å². The van der Waals surface area contributed by atoms with Gasteiger partial charge in [-0.05, 0) is 0 Å². The predicted octanol–water partition coefficient (Wildman–Crippen LogP) is 1.85. The summed E-state index contributed by atoms with van der Waals surface area (Å²) in [5, 5.41) is 3.97. The molecule has 0 aliphatic rings. The first-order valence-electron chi connectivity index (χ1n) is 2.05. The number of hydrogen-bond donors (Lipinski definition) is 0. The molecular weight excluding hydrogens is 186 g/mol. The number of rotatable bonds is 2. The normalized spacial score (nSPS) is 6.00. The Morgan fingerprint density at radius 1 is 1.14 bits per heavy atom. The largest absolute Gasteiger partial charge is 2.00 e. The van der Waals surface area contributed by atoms with Crippen molar-refractivity contribution in [3.05, 3.63) is 12.7 Å². The van der Waals surface area contributed by atoms with Crippen molar-refractivity contribution in [2.75, 3.05) is 13.1 Å². The molecule has 0 aromatic carbocycles. The molecule has 0 saturated carbocycles. The Kier molecular flexibility index (Phi) is 35.4. The number of hydrogen-bond acceptors (Lipinski definition) is 0. The van der Waals surface area contributed by atoms with Gasteiger partial charge in [-0.3, -0.25) is 0 Å². The van der Waals surface area contributed by atoms with Gasteiger partial charge in [-0.1, -0.05) is 13.8 Å². The summed E-state index contributed by atoms with van der Waals surface area (Å²) >= 11 is 0. The number of nitrogens with zero attached hydrogens (tertiary/aromatic N) is 1. The Balaban J connectivity index is -0.0000000800. The topological polar surface area (TPSA) is 14.1 Å². The van der Waals surface area contributed by atoms with Crippen LogP contribution in [0.25, 0.3) is 5.32 Å². The third-order valence-corrected chi connectivity index (χ3v) is 0.447. The summed E-state index contributed by atoms with van der Waals surface area (Å²) in [6.07, 6.45) is 0. The zero-order chi connectivity index (χ0) is 4.12. The first-order chi connectivity index (χ1) is 2.41. The zero-order valence-corrected chi connectivity index (χ0v) is 9.60. The van der Waals surface area contributed by atoms with Crippen LogP contribution in [0.2, 0.25) is 0 Å². The van der Waals surface area contributed by atoms with Crippen molar-refractivity contribution in [1.29, 1.82) is 0 Å². The minimum absolute atomic E-state index is 0. The van der Waals surface area contributed by atoms with Crippen LogP contribution in [0.1, 0.15) is 13.8 Å². The molecule has 0 fully saturated rings. The fourth-order valence-corrected chi connectivity index (χ4v) is 0.224. The van der Waals surface area contributed by atoms with E-state index in [-0.39, 0.29) is 34.7 Å². The summed E-state index contributed by atoms with van der Waals surface area (Å²) in [6, 6.07) is 0. The minimum Gasteiger partial charge on any atom is -0.663 e. The molecule has 0 aromatic rings. The molecule has 0 bridgehead atoms. The molecule has 0 atom stereocenters. The van der Waals surface area contributed by atoms with Gasteiger partial charge in [0.05, 0.1) is 0 Å². The Labute approximate surface area is 67.0 Å². The van der Waals surface area contributed by atoms with Crippen molar-refractivity contribution in [1.82, 2.24) is 0 Å². The molecular formula is C5H13CdN. The Morgan fingerprint density at radius 2 is 1.43 bits per heavy atom. The molecule has 0 radical (unpaired) electrons. The standard InChI is InChI=1S/C4H10N.CH3.Cd/c1-3-5-4-2;;/h3-4H2,1-2H3;1H3;/q2*-1;+2. The maximum absolute atomic E-state index is 3.97. The van der Waals surface area contributed by atoms with Crippen LogP contribution in [0.5, 0.6) is 0 Å². The van der Waals surface area contributed by atoms with E-state index >= 15 is 0 Å². The average Bonchev–Trinajstić information content (AvgIpc) is 1.41. The predicted molar refractivity (Wildman–Crippen MR) is 30.9 cm³/mol. The van der Waals surface area contributed by atoms with Crippen molar-refractivity contribution in [2.45, 2.75) is 13.8 Å². The van der Waals surface area contributed by atoms with E-state index < -0.39 is 0 Å². The maximum atomic E-state index is 3.97. The van der Waals surface area contributed by atoms with Crippen LogP contribution in [0.4, 0.5) is 0 Å². The minimum atomic E-state index is 0. The van der Waals surface area contributed by atoms with E-state index in [4.69, 9.17) is 0 Å². The van der Waals surface area contributed by atoms with E-state index in [1.807, 2.05) is 13.8 Å². The molecule has 0 spiro atoms. The van der Waals surface area contributed by atoms with Crippen molar-refractivity contribution in [3.8, 4) is 0 Å². The molecule has 0 heterocycles. The second-order valence-corrected chi connectivity index (χ2v) is 0.856. The summed E-state index contributed by atoms with van der Waals surface area (Å²) < 4.78 is 0. The Morgan fingerprint density at radius 3 is 1.43 bits per heavy atom. The van der Waals surface area contributed by atoms with Gasteiger partial charge in [0.1, 0.15) is 0 Å². The molecule has 40 valence electrons. The van der Waals surface area contributed by atoms with Crippen molar-refractivity contribution >= 4 is 0 Å². The summed E-state index contributed by atoms with van der Waals surface area (Å²) in [4.78, 5) is 0. The van der Waals surface area contributed by atoms with Gasteiger partial charge >= 0.3 is 27.3 Å². The van der Waals surface area contributed by atoms with Crippen molar-refractivity contribution in [2.24, 2.45) is 0 Å². The van der Waals surface area contributed by atoms with Crippen LogP contribution >= 0.6 is 0 Å². The van der Waals surface area contributed by atoms with Gasteiger partial charge in [0, 0.05) is 0 Å². The van der Waals surface area contributed by atoms with E-state index in [1.54, 1.807) is 0 Å². The van der Waals surface area contributed by atoms with Gasteiger partial charge in [0.15, 0.2) is 0 Å². The average molecular weight is 200 g/mol. The monoisotopic (exact) mass is 201 g/mol. The summed E-state index contributed by atoms with van der Waals surface area (Å²) in [7, 11) is 0. The first kappa shape index (κ1) is 15.7. The van der Waals surface area contributed by atoms with Crippen LogP contribution in [0.3, 0.4) is 0 Å². The van der Waals surface area contributed by atoms with Crippen LogP contribution in [-0.4, -0.2) is 13.1 Å². The van der Waals surface area contributed by atoms with Gasteiger partial charge in [0.2, 0.25) is 0 Å². The summed E-state index contributed by atoms with van der Waals surface area (Å²) in [5.74, 6) is 0. The van der Waals surface area contributed by atoms with Crippen LogP contribution in [0.15, 0.2) is 0 Å². The summed E-state index contributed by atoms with van der Waals surface area (Å²) in [6.45, 7) is 6.03. The van der Waals surface area contributed by atoms with Gasteiger partial charge < -0.3 is 12.7 Å². The van der Waals surface area contributed by atoms with Crippen molar-refractivity contribution < 1.29 is 27.3 Å². The second kappa shape index (κ2) is 15.8. The fraction of sp³-hybridized carbons (Fsp3) is 0.800. The van der Waals surface area contributed by atoms with Crippen molar-refractivity contribution in [3.63, 3.8) is 0 Å². The van der Waals surface area contributed by atoms with E-state index in [2.05, 4.69) is 5.32 Å². The maximum Gasteiger partial charge on any atom is 2.00 e. The smallest absolute Gasteiger partial charge is 0.663 e. The van der Waals surface area contributed by atoms with Crippen LogP contribution in [-0.2, 0) is 27.3 Å². The van der Waals surface area contributed by atoms with Gasteiger partial charge in [-0.15, -0.1) is 0 Å². The van der Waals surface area contributed by atoms with Gasteiger partial charge in [-0.2, -0.15) is 13.1 Å². The molecule has 7 heavy (non-hydrogen) atoms. The zero-order valence-electron chi connectivity index (χ0n) is 5.57. The molecule has 0 saturated heterocycles. The third-order valence-electron chi connectivity index (χ3n) is 0.447. The summed E-state index contributed by atoms with van der Waals surface area (Å²) in [5.41, 5.74) is 0.